The Morgan fingerprint density at radius 1 is 1.22 bits per heavy atom. The number of nitrogens with one attached hydrogen (secondary N) is 2. The van der Waals surface area contributed by atoms with Gasteiger partial charge < -0.3 is 20.8 Å². The molecule has 1 unspecified atom stereocenters. The molecule has 1 aromatic heterocycles. The number of carbonyl (C=O) groups excluding carboxylic acids is 1. The van der Waals surface area contributed by atoms with E-state index in [1.165, 1.54) is 0 Å². The van der Waals surface area contributed by atoms with E-state index < -0.39 is 18.0 Å². The van der Waals surface area contributed by atoms with Crippen molar-refractivity contribution in [2.75, 3.05) is 13.2 Å². The summed E-state index contributed by atoms with van der Waals surface area (Å²) in [7, 11) is 0. The van der Waals surface area contributed by atoms with E-state index >= 15 is 0 Å². The van der Waals surface area contributed by atoms with Gasteiger partial charge >= 0.3 is 6.09 Å². The van der Waals surface area contributed by atoms with E-state index in [9.17, 15) is 14.7 Å². The quantitative estimate of drug-likeness (QED) is 0.528. The van der Waals surface area contributed by atoms with Crippen molar-refractivity contribution in [2.24, 2.45) is 0 Å². The number of rotatable bonds is 6. The maximum atomic E-state index is 12.5. The third kappa shape index (κ3) is 4.24. The van der Waals surface area contributed by atoms with Crippen LogP contribution in [0.15, 0.2) is 48.7 Å². The standard InChI is InChI=1S/C19H20N4O4/c1-12-3-2-4-16(7-12)23-17-8-13(5-6-14(17)9-21-23)18(25)22-15(11-24)10-20-19(26)27/h2-9,15,20,24H,10-11H2,1H3,(H,22,25)(H,26,27). The highest BCUT2D eigenvalue weighted by molar-refractivity contribution is 5.98. The lowest BCUT2D eigenvalue weighted by Gasteiger charge is -2.16. The summed E-state index contributed by atoms with van der Waals surface area (Å²) in [6.45, 7) is 1.53. The van der Waals surface area contributed by atoms with Crippen LogP contribution in [-0.2, 0) is 0 Å². The lowest BCUT2D eigenvalue weighted by atomic mass is 10.1. The molecule has 1 heterocycles. The predicted molar refractivity (Wildman–Crippen MR) is 100 cm³/mol. The van der Waals surface area contributed by atoms with Crippen LogP contribution < -0.4 is 10.6 Å². The zero-order valence-corrected chi connectivity index (χ0v) is 14.7. The van der Waals surface area contributed by atoms with Crippen molar-refractivity contribution in [1.82, 2.24) is 20.4 Å². The van der Waals surface area contributed by atoms with Crippen molar-refractivity contribution in [3.05, 3.63) is 59.8 Å². The molecular formula is C19H20N4O4. The Morgan fingerprint density at radius 2 is 2.04 bits per heavy atom. The number of carboxylic acid groups (broad SMARTS) is 1. The minimum Gasteiger partial charge on any atom is -0.465 e. The second-order valence-corrected chi connectivity index (χ2v) is 6.21. The summed E-state index contributed by atoms with van der Waals surface area (Å²) in [6, 6.07) is 12.3. The first kappa shape index (κ1) is 18.4. The Morgan fingerprint density at radius 3 is 2.74 bits per heavy atom. The number of hydrogen-bond acceptors (Lipinski definition) is 4. The smallest absolute Gasteiger partial charge is 0.404 e. The molecule has 0 saturated heterocycles. The molecule has 8 nitrogen and oxygen atoms in total. The third-order valence-corrected chi connectivity index (χ3v) is 4.13. The molecule has 0 aliphatic heterocycles. The molecule has 3 rings (SSSR count). The molecule has 0 radical (unpaired) electrons. The lowest BCUT2D eigenvalue weighted by molar-refractivity contribution is 0.0914. The highest BCUT2D eigenvalue weighted by Crippen LogP contribution is 2.20. The molecule has 0 saturated carbocycles. The average molecular weight is 368 g/mol. The van der Waals surface area contributed by atoms with Gasteiger partial charge in [-0.2, -0.15) is 5.10 Å². The second-order valence-electron chi connectivity index (χ2n) is 6.21. The molecule has 2 aromatic carbocycles. The van der Waals surface area contributed by atoms with Crippen LogP contribution in [0.25, 0.3) is 16.6 Å². The number of aliphatic hydroxyl groups is 1. The van der Waals surface area contributed by atoms with Crippen LogP contribution in [0.3, 0.4) is 0 Å². The van der Waals surface area contributed by atoms with Crippen molar-refractivity contribution in [2.45, 2.75) is 13.0 Å². The van der Waals surface area contributed by atoms with Gasteiger partial charge in [0.15, 0.2) is 0 Å². The van der Waals surface area contributed by atoms with Gasteiger partial charge in [0.25, 0.3) is 5.91 Å². The summed E-state index contributed by atoms with van der Waals surface area (Å²) in [4.78, 5) is 23.1. The summed E-state index contributed by atoms with van der Waals surface area (Å²) in [6.07, 6.45) is 0.512. The average Bonchev–Trinajstić information content (AvgIpc) is 3.08. The van der Waals surface area contributed by atoms with Crippen LogP contribution in [0.4, 0.5) is 4.79 Å². The van der Waals surface area contributed by atoms with Crippen molar-refractivity contribution in [1.29, 1.82) is 0 Å². The van der Waals surface area contributed by atoms with E-state index in [0.717, 1.165) is 22.2 Å². The fraction of sp³-hybridized carbons (Fsp3) is 0.211. The maximum absolute atomic E-state index is 12.5. The van der Waals surface area contributed by atoms with Crippen LogP contribution >= 0.6 is 0 Å². The number of carbonyl (C=O) groups is 2. The van der Waals surface area contributed by atoms with Gasteiger partial charge in [0, 0.05) is 17.5 Å². The van der Waals surface area contributed by atoms with Gasteiger partial charge in [0.1, 0.15) is 0 Å². The first-order valence-corrected chi connectivity index (χ1v) is 8.41. The molecule has 140 valence electrons. The van der Waals surface area contributed by atoms with E-state index in [0.29, 0.717) is 5.56 Å². The summed E-state index contributed by atoms with van der Waals surface area (Å²) < 4.78 is 1.76. The number of aromatic nitrogens is 2. The zero-order valence-electron chi connectivity index (χ0n) is 14.7. The highest BCUT2D eigenvalue weighted by atomic mass is 16.4. The molecular weight excluding hydrogens is 348 g/mol. The maximum Gasteiger partial charge on any atom is 0.404 e. The molecule has 1 atom stereocenters. The topological polar surface area (TPSA) is 116 Å². The van der Waals surface area contributed by atoms with Crippen LogP contribution in [0.5, 0.6) is 0 Å². The minimum atomic E-state index is -1.22. The Hall–Kier alpha value is -3.39. The SMILES string of the molecule is Cc1cccc(-n2ncc3ccc(C(=O)NC(CO)CNC(=O)O)cc32)c1. The highest BCUT2D eigenvalue weighted by Gasteiger charge is 2.15. The largest absolute Gasteiger partial charge is 0.465 e. The Balaban J connectivity index is 1.86. The van der Waals surface area contributed by atoms with E-state index in [-0.39, 0.29) is 13.2 Å². The van der Waals surface area contributed by atoms with E-state index in [2.05, 4.69) is 15.7 Å². The van der Waals surface area contributed by atoms with Crippen LogP contribution in [-0.4, -0.2) is 51.2 Å². The number of amides is 2. The molecule has 0 aliphatic rings. The van der Waals surface area contributed by atoms with Crippen LogP contribution in [0, 0.1) is 6.92 Å². The van der Waals surface area contributed by atoms with E-state index in [4.69, 9.17) is 5.11 Å². The minimum absolute atomic E-state index is 0.0823. The normalized spacial score (nSPS) is 11.9. The molecule has 8 heteroatoms. The molecule has 4 N–H and O–H groups in total. The van der Waals surface area contributed by atoms with Crippen LogP contribution in [0.1, 0.15) is 15.9 Å². The van der Waals surface area contributed by atoms with Gasteiger partial charge in [-0.25, -0.2) is 9.48 Å². The number of aryl methyl sites for hydroxylation is 1. The van der Waals surface area contributed by atoms with E-state index in [1.807, 2.05) is 31.2 Å². The molecule has 0 spiro atoms. The first-order valence-electron chi connectivity index (χ1n) is 8.41. The summed E-state index contributed by atoms with van der Waals surface area (Å²) in [5, 5.41) is 28.0. The Labute approximate surface area is 155 Å². The van der Waals surface area contributed by atoms with Gasteiger partial charge in [-0.15, -0.1) is 0 Å². The lowest BCUT2D eigenvalue weighted by Crippen LogP contribution is -2.45. The number of nitrogens with zero attached hydrogens (tertiary/aromatic N) is 2. The second kappa shape index (κ2) is 7.88. The van der Waals surface area contributed by atoms with Gasteiger partial charge in [-0.1, -0.05) is 18.2 Å². The molecule has 27 heavy (non-hydrogen) atoms. The fourth-order valence-corrected chi connectivity index (χ4v) is 2.77. The van der Waals surface area contributed by atoms with Gasteiger partial charge in [-0.05, 0) is 36.8 Å². The Kier molecular flexibility index (Phi) is 5.37. The van der Waals surface area contributed by atoms with E-state index in [1.54, 1.807) is 29.1 Å². The molecule has 0 fully saturated rings. The van der Waals surface area contributed by atoms with Crippen molar-refractivity contribution < 1.29 is 19.8 Å². The summed E-state index contributed by atoms with van der Waals surface area (Å²) >= 11 is 0. The zero-order chi connectivity index (χ0) is 19.4. The van der Waals surface area contributed by atoms with Gasteiger partial charge in [-0.3, -0.25) is 4.79 Å². The van der Waals surface area contributed by atoms with Crippen molar-refractivity contribution in [3.63, 3.8) is 0 Å². The number of fused-ring (bicyclic) bond motifs is 1. The van der Waals surface area contributed by atoms with Crippen LogP contribution in [0.2, 0.25) is 0 Å². The summed E-state index contributed by atoms with van der Waals surface area (Å²) in [5.74, 6) is -0.403. The molecule has 3 aromatic rings. The predicted octanol–water partition coefficient (Wildman–Crippen LogP) is 1.69. The molecule has 0 bridgehead atoms. The Bertz CT molecular complexity index is 983. The first-order chi connectivity index (χ1) is 13.0. The molecule has 2 amide bonds. The number of aliphatic hydroxyl groups excluding tert-OH is 1. The number of benzene rings is 2. The van der Waals surface area contributed by atoms with Crippen molar-refractivity contribution in [3.8, 4) is 5.69 Å². The summed E-state index contributed by atoms with van der Waals surface area (Å²) in [5.41, 5.74) is 3.16. The molecule has 0 aliphatic carbocycles. The van der Waals surface area contributed by atoms with Crippen molar-refractivity contribution >= 4 is 22.9 Å². The van der Waals surface area contributed by atoms with Gasteiger partial charge in [0.05, 0.1) is 30.0 Å². The third-order valence-electron chi connectivity index (χ3n) is 4.13. The number of hydrogen-bond donors (Lipinski definition) is 4. The fourth-order valence-electron chi connectivity index (χ4n) is 2.77. The van der Waals surface area contributed by atoms with Gasteiger partial charge in [0.2, 0.25) is 0 Å². The monoisotopic (exact) mass is 368 g/mol.